The van der Waals surface area contributed by atoms with Gasteiger partial charge in [0.1, 0.15) is 5.25 Å². The summed E-state index contributed by atoms with van der Waals surface area (Å²) >= 11 is 7.40. The van der Waals surface area contributed by atoms with E-state index in [9.17, 15) is 4.79 Å². The fourth-order valence-electron chi connectivity index (χ4n) is 3.44. The van der Waals surface area contributed by atoms with Crippen molar-refractivity contribution < 1.29 is 4.79 Å². The minimum atomic E-state index is -0.403. The number of carbonyl (C=O) groups excluding carboxylic acids is 1. The number of hydrogen-bond acceptors (Lipinski definition) is 5. The molecule has 30 heavy (non-hydrogen) atoms. The number of carbonyl (C=O) groups is 1. The summed E-state index contributed by atoms with van der Waals surface area (Å²) in [5, 5.41) is 12.6. The average molecular weight is 442 g/mol. The molecule has 0 fully saturated rings. The summed E-state index contributed by atoms with van der Waals surface area (Å²) in [4.78, 5) is 13.2. The largest absolute Gasteiger partial charge is 0.325 e. The van der Waals surface area contributed by atoms with Gasteiger partial charge in [0, 0.05) is 17.1 Å². The summed E-state index contributed by atoms with van der Waals surface area (Å²) in [6, 6.07) is 15.3. The lowest BCUT2D eigenvalue weighted by atomic mass is 10.0. The number of rotatable bonds is 6. The predicted octanol–water partition coefficient (Wildman–Crippen LogP) is 4.84. The zero-order valence-electron chi connectivity index (χ0n) is 16.9. The molecule has 0 radical (unpaired) electrons. The van der Waals surface area contributed by atoms with Gasteiger partial charge < -0.3 is 10.7 Å². The van der Waals surface area contributed by atoms with E-state index in [0.717, 1.165) is 30.7 Å². The molecular formula is C22H24ClN5OS. The maximum Gasteiger partial charge on any atom is 0.240 e. The van der Waals surface area contributed by atoms with Crippen molar-refractivity contribution >= 4 is 35.0 Å². The van der Waals surface area contributed by atoms with Crippen LogP contribution >= 0.6 is 23.4 Å². The minimum Gasteiger partial charge on any atom is -0.325 e. The molecule has 2 heterocycles. The highest BCUT2D eigenvalue weighted by atomic mass is 35.5. The normalized spacial score (nSPS) is 17.8. The lowest BCUT2D eigenvalue weighted by molar-refractivity contribution is -0.116. The van der Waals surface area contributed by atoms with Gasteiger partial charge in [-0.25, -0.2) is 4.68 Å². The standard InChI is InChI=1S/C22H24ClN5OS/c1-3-5-18-25-26-22-28(18)27-19(15-8-6-14(4-2)7-9-15)20(30-22)21(29)24-17-12-10-16(23)11-13-17/h6-13,19-20,27H,3-5H2,1-2H3,(H,24,29)/t19-,20+/m0/s1. The van der Waals surface area contributed by atoms with E-state index < -0.39 is 5.25 Å². The highest BCUT2D eigenvalue weighted by Crippen LogP contribution is 2.37. The molecule has 1 aliphatic rings. The Bertz CT molecular complexity index is 1020. The molecule has 1 amide bonds. The Morgan fingerprint density at radius 3 is 2.53 bits per heavy atom. The monoisotopic (exact) mass is 441 g/mol. The molecule has 0 aliphatic carbocycles. The van der Waals surface area contributed by atoms with E-state index in [4.69, 9.17) is 11.6 Å². The van der Waals surface area contributed by atoms with Gasteiger partial charge in [-0.1, -0.05) is 61.5 Å². The van der Waals surface area contributed by atoms with Crippen molar-refractivity contribution in [3.63, 3.8) is 0 Å². The number of anilines is 1. The maximum atomic E-state index is 13.2. The number of halogens is 1. The van der Waals surface area contributed by atoms with E-state index >= 15 is 0 Å². The molecule has 3 aromatic rings. The Hall–Kier alpha value is -2.51. The third kappa shape index (κ3) is 4.32. The lowest BCUT2D eigenvalue weighted by Gasteiger charge is -2.33. The Morgan fingerprint density at radius 1 is 1.13 bits per heavy atom. The minimum absolute atomic E-state index is 0.0920. The van der Waals surface area contributed by atoms with Crippen LogP contribution < -0.4 is 10.7 Å². The van der Waals surface area contributed by atoms with E-state index in [1.807, 2.05) is 4.68 Å². The van der Waals surface area contributed by atoms with Crippen molar-refractivity contribution in [2.45, 2.75) is 49.6 Å². The molecule has 2 aromatic carbocycles. The molecule has 6 nitrogen and oxygen atoms in total. The van der Waals surface area contributed by atoms with Crippen molar-refractivity contribution in [1.29, 1.82) is 0 Å². The first kappa shape index (κ1) is 20.8. The first-order valence-corrected chi connectivity index (χ1v) is 11.4. The van der Waals surface area contributed by atoms with Crippen LogP contribution in [0.5, 0.6) is 0 Å². The SMILES string of the molecule is CCCc1nnc2n1N[C@@H](c1ccc(CC)cc1)[C@H](C(=O)Nc1ccc(Cl)cc1)S2. The molecular weight excluding hydrogens is 418 g/mol. The molecule has 0 unspecified atom stereocenters. The molecule has 4 rings (SSSR count). The fourth-order valence-corrected chi connectivity index (χ4v) is 4.67. The fraction of sp³-hybridized carbons (Fsp3) is 0.318. The Kier molecular flexibility index (Phi) is 6.29. The number of amides is 1. The summed E-state index contributed by atoms with van der Waals surface area (Å²) in [6.07, 6.45) is 2.77. The molecule has 8 heteroatoms. The molecule has 156 valence electrons. The van der Waals surface area contributed by atoms with Gasteiger partial charge in [0.05, 0.1) is 6.04 Å². The Labute approximate surface area is 185 Å². The van der Waals surface area contributed by atoms with Crippen LogP contribution in [0.3, 0.4) is 0 Å². The summed E-state index contributed by atoms with van der Waals surface area (Å²) in [5.41, 5.74) is 6.53. The number of fused-ring (bicyclic) bond motifs is 1. The van der Waals surface area contributed by atoms with Crippen LogP contribution in [0.4, 0.5) is 5.69 Å². The van der Waals surface area contributed by atoms with E-state index in [1.54, 1.807) is 24.3 Å². The molecule has 2 atom stereocenters. The number of aromatic nitrogens is 3. The lowest BCUT2D eigenvalue weighted by Crippen LogP contribution is -2.41. The van der Waals surface area contributed by atoms with Gasteiger partial charge in [0.15, 0.2) is 5.82 Å². The van der Waals surface area contributed by atoms with E-state index in [2.05, 4.69) is 59.1 Å². The van der Waals surface area contributed by atoms with Crippen LogP contribution in [0.1, 0.15) is 43.3 Å². The van der Waals surface area contributed by atoms with Crippen LogP contribution in [-0.2, 0) is 17.6 Å². The zero-order chi connectivity index (χ0) is 21.1. The van der Waals surface area contributed by atoms with Gasteiger partial charge >= 0.3 is 0 Å². The van der Waals surface area contributed by atoms with Crippen molar-refractivity contribution in [3.8, 4) is 0 Å². The molecule has 2 N–H and O–H groups in total. The van der Waals surface area contributed by atoms with Crippen LogP contribution in [-0.4, -0.2) is 26.0 Å². The molecule has 0 saturated carbocycles. The molecule has 0 saturated heterocycles. The van der Waals surface area contributed by atoms with E-state index in [0.29, 0.717) is 15.9 Å². The summed E-state index contributed by atoms with van der Waals surface area (Å²) in [6.45, 7) is 4.24. The average Bonchev–Trinajstić information content (AvgIpc) is 3.16. The van der Waals surface area contributed by atoms with Gasteiger partial charge in [0.25, 0.3) is 0 Å². The summed E-state index contributed by atoms with van der Waals surface area (Å²) in [7, 11) is 0. The maximum absolute atomic E-state index is 13.2. The van der Waals surface area contributed by atoms with Crippen LogP contribution in [0.15, 0.2) is 53.7 Å². The second-order valence-corrected chi connectivity index (χ2v) is 8.77. The number of thioether (sulfide) groups is 1. The van der Waals surface area contributed by atoms with Crippen molar-refractivity contribution in [1.82, 2.24) is 14.9 Å². The quantitative estimate of drug-likeness (QED) is 0.572. The number of nitrogens with zero attached hydrogens (tertiary/aromatic N) is 3. The van der Waals surface area contributed by atoms with Crippen molar-refractivity contribution in [3.05, 3.63) is 70.5 Å². The molecule has 0 spiro atoms. The molecule has 0 bridgehead atoms. The van der Waals surface area contributed by atoms with Gasteiger partial charge in [-0.05, 0) is 48.2 Å². The second kappa shape index (κ2) is 9.10. The predicted molar refractivity (Wildman–Crippen MR) is 122 cm³/mol. The second-order valence-electron chi connectivity index (χ2n) is 7.22. The highest BCUT2D eigenvalue weighted by Gasteiger charge is 2.37. The number of hydrogen-bond donors (Lipinski definition) is 2. The van der Waals surface area contributed by atoms with Crippen molar-refractivity contribution in [2.75, 3.05) is 10.7 Å². The van der Waals surface area contributed by atoms with Crippen molar-refractivity contribution in [2.24, 2.45) is 0 Å². The van der Waals surface area contributed by atoms with Gasteiger partial charge in [-0.2, -0.15) is 0 Å². The smallest absolute Gasteiger partial charge is 0.240 e. The third-order valence-corrected chi connectivity index (χ3v) is 6.56. The first-order valence-electron chi connectivity index (χ1n) is 10.1. The van der Waals surface area contributed by atoms with Crippen LogP contribution in [0, 0.1) is 0 Å². The third-order valence-electron chi connectivity index (χ3n) is 5.09. The topological polar surface area (TPSA) is 71.8 Å². The van der Waals surface area contributed by atoms with Gasteiger partial charge in [0.2, 0.25) is 11.1 Å². The Balaban J connectivity index is 1.65. The summed E-state index contributed by atoms with van der Waals surface area (Å²) in [5.74, 6) is 0.789. The number of nitrogens with one attached hydrogen (secondary N) is 2. The molecule has 1 aromatic heterocycles. The zero-order valence-corrected chi connectivity index (χ0v) is 18.5. The highest BCUT2D eigenvalue weighted by molar-refractivity contribution is 8.00. The van der Waals surface area contributed by atoms with E-state index in [1.165, 1.54) is 17.3 Å². The summed E-state index contributed by atoms with van der Waals surface area (Å²) < 4.78 is 1.93. The van der Waals surface area contributed by atoms with E-state index in [-0.39, 0.29) is 11.9 Å². The van der Waals surface area contributed by atoms with Crippen LogP contribution in [0.2, 0.25) is 5.02 Å². The Morgan fingerprint density at radius 2 is 1.87 bits per heavy atom. The molecule has 1 aliphatic heterocycles. The number of benzene rings is 2. The van der Waals surface area contributed by atoms with Gasteiger partial charge in [-0.3, -0.25) is 4.79 Å². The van der Waals surface area contributed by atoms with Gasteiger partial charge in [-0.15, -0.1) is 10.2 Å². The van der Waals surface area contributed by atoms with Crippen LogP contribution in [0.25, 0.3) is 0 Å². The first-order chi connectivity index (χ1) is 14.6. The number of aryl methyl sites for hydroxylation is 2.